The number of thiazole rings is 1. The van der Waals surface area contributed by atoms with E-state index in [1.54, 1.807) is 29.0 Å². The fourth-order valence-corrected chi connectivity index (χ4v) is 2.41. The normalized spacial score (nSPS) is 10.6. The topological polar surface area (TPSA) is 77.3 Å². The molecule has 1 aromatic carbocycles. The molecule has 1 heterocycles. The first-order valence-electron chi connectivity index (χ1n) is 6.62. The fraction of sp³-hybridized carbons (Fsp3) is 0.357. The molecule has 0 radical (unpaired) electrons. The maximum absolute atomic E-state index is 11.0. The summed E-state index contributed by atoms with van der Waals surface area (Å²) in [4.78, 5) is 14.8. The largest absolute Gasteiger partial charge is 0.484 e. The van der Waals surface area contributed by atoms with Gasteiger partial charge in [-0.1, -0.05) is 0 Å². The van der Waals surface area contributed by atoms with Crippen molar-refractivity contribution in [2.45, 2.75) is 26.4 Å². The molecule has 7 heteroatoms. The number of ether oxygens (including phenoxy) is 1. The van der Waals surface area contributed by atoms with Crippen molar-refractivity contribution in [1.29, 1.82) is 0 Å². The molecule has 2 aromatic rings. The zero-order chi connectivity index (χ0) is 15.2. The Balaban J connectivity index is 2.04. The number of nitrogens with one attached hydrogen (secondary N) is 1. The van der Waals surface area contributed by atoms with Crippen molar-refractivity contribution < 1.29 is 9.66 Å². The molecular formula is C14H17N3O3S. The Morgan fingerprint density at radius 3 is 2.90 bits per heavy atom. The number of hydrogen-bond donors (Lipinski definition) is 1. The molecule has 0 aliphatic carbocycles. The van der Waals surface area contributed by atoms with Gasteiger partial charge in [-0.05, 0) is 19.9 Å². The van der Waals surface area contributed by atoms with E-state index in [2.05, 4.69) is 10.3 Å². The number of aromatic nitrogens is 1. The SMILES string of the molecule is CC(C)Oc1cc(NCCc2cscn2)ccc1[N+](=O)[O-]. The van der Waals surface area contributed by atoms with Gasteiger partial charge in [0.05, 0.1) is 22.2 Å². The van der Waals surface area contributed by atoms with Crippen molar-refractivity contribution in [1.82, 2.24) is 4.98 Å². The lowest BCUT2D eigenvalue weighted by atomic mass is 10.2. The van der Waals surface area contributed by atoms with Gasteiger partial charge in [0.15, 0.2) is 5.75 Å². The first kappa shape index (κ1) is 15.2. The summed E-state index contributed by atoms with van der Waals surface area (Å²) in [6, 6.07) is 4.81. The van der Waals surface area contributed by atoms with Crippen molar-refractivity contribution in [3.63, 3.8) is 0 Å². The van der Waals surface area contributed by atoms with E-state index >= 15 is 0 Å². The molecule has 2 rings (SSSR count). The molecule has 0 bridgehead atoms. The molecule has 0 atom stereocenters. The first-order chi connectivity index (χ1) is 10.1. The molecule has 1 aromatic heterocycles. The van der Waals surface area contributed by atoms with Gasteiger partial charge in [0.25, 0.3) is 0 Å². The van der Waals surface area contributed by atoms with E-state index in [0.29, 0.717) is 6.54 Å². The summed E-state index contributed by atoms with van der Waals surface area (Å²) < 4.78 is 5.51. The van der Waals surface area contributed by atoms with Gasteiger partial charge in [-0.15, -0.1) is 11.3 Å². The van der Waals surface area contributed by atoms with E-state index in [-0.39, 0.29) is 17.5 Å². The predicted molar refractivity (Wildman–Crippen MR) is 83.2 cm³/mol. The molecule has 0 aliphatic rings. The van der Waals surface area contributed by atoms with Crippen LogP contribution in [0.5, 0.6) is 5.75 Å². The third kappa shape index (κ3) is 4.42. The van der Waals surface area contributed by atoms with Crippen LogP contribution in [0.1, 0.15) is 19.5 Å². The highest BCUT2D eigenvalue weighted by Gasteiger charge is 2.16. The maximum Gasteiger partial charge on any atom is 0.311 e. The highest BCUT2D eigenvalue weighted by Crippen LogP contribution is 2.30. The summed E-state index contributed by atoms with van der Waals surface area (Å²) in [7, 11) is 0. The number of nitro groups is 1. The van der Waals surface area contributed by atoms with E-state index in [4.69, 9.17) is 4.74 Å². The molecular weight excluding hydrogens is 290 g/mol. The molecule has 112 valence electrons. The number of anilines is 1. The Bertz CT molecular complexity index is 600. The average Bonchev–Trinajstić information content (AvgIpc) is 2.91. The van der Waals surface area contributed by atoms with Crippen molar-refractivity contribution in [2.75, 3.05) is 11.9 Å². The highest BCUT2D eigenvalue weighted by molar-refractivity contribution is 7.07. The molecule has 0 saturated heterocycles. The minimum absolute atomic E-state index is 0.0197. The van der Waals surface area contributed by atoms with Gasteiger partial charge in [0, 0.05) is 36.2 Å². The number of rotatable bonds is 7. The van der Waals surface area contributed by atoms with E-state index in [1.807, 2.05) is 19.2 Å². The quantitative estimate of drug-likeness (QED) is 0.626. The van der Waals surface area contributed by atoms with E-state index in [0.717, 1.165) is 17.8 Å². The van der Waals surface area contributed by atoms with Crippen molar-refractivity contribution in [3.8, 4) is 5.75 Å². The molecule has 1 N–H and O–H groups in total. The summed E-state index contributed by atoms with van der Waals surface area (Å²) in [6.45, 7) is 4.39. The zero-order valence-corrected chi connectivity index (χ0v) is 12.7. The number of benzene rings is 1. The molecule has 6 nitrogen and oxygen atoms in total. The summed E-state index contributed by atoms with van der Waals surface area (Å²) >= 11 is 1.57. The van der Waals surface area contributed by atoms with Crippen LogP contribution in [0.25, 0.3) is 0 Å². The van der Waals surface area contributed by atoms with Gasteiger partial charge in [0.2, 0.25) is 0 Å². The molecule has 0 amide bonds. The molecule has 0 saturated carbocycles. The van der Waals surface area contributed by atoms with Crippen LogP contribution in [-0.2, 0) is 6.42 Å². The summed E-state index contributed by atoms with van der Waals surface area (Å²) in [5.41, 5.74) is 3.61. The second-order valence-electron chi connectivity index (χ2n) is 4.76. The van der Waals surface area contributed by atoms with Crippen LogP contribution in [0.15, 0.2) is 29.1 Å². The van der Waals surface area contributed by atoms with Crippen LogP contribution in [-0.4, -0.2) is 22.6 Å². The smallest absolute Gasteiger partial charge is 0.311 e. The van der Waals surface area contributed by atoms with Crippen LogP contribution in [0, 0.1) is 10.1 Å². The lowest BCUT2D eigenvalue weighted by Crippen LogP contribution is -2.09. The van der Waals surface area contributed by atoms with Crippen LogP contribution in [0.3, 0.4) is 0 Å². The molecule has 0 spiro atoms. The van der Waals surface area contributed by atoms with Gasteiger partial charge in [-0.3, -0.25) is 10.1 Å². The third-order valence-corrected chi connectivity index (χ3v) is 3.35. The zero-order valence-electron chi connectivity index (χ0n) is 11.9. The minimum atomic E-state index is -0.434. The van der Waals surface area contributed by atoms with Gasteiger partial charge in [0.1, 0.15) is 0 Å². The molecule has 0 unspecified atom stereocenters. The Labute approximate surface area is 126 Å². The average molecular weight is 307 g/mol. The van der Waals surface area contributed by atoms with Gasteiger partial charge >= 0.3 is 5.69 Å². The van der Waals surface area contributed by atoms with Crippen LogP contribution in [0.2, 0.25) is 0 Å². The lowest BCUT2D eigenvalue weighted by molar-refractivity contribution is -0.386. The van der Waals surface area contributed by atoms with Crippen LogP contribution >= 0.6 is 11.3 Å². The third-order valence-electron chi connectivity index (χ3n) is 2.71. The molecule has 0 aliphatic heterocycles. The molecule has 0 fully saturated rings. The standard InChI is InChI=1S/C14H17N3O3S/c1-10(2)20-14-7-11(3-4-13(14)17(18)19)15-6-5-12-8-21-9-16-12/h3-4,7-10,15H,5-6H2,1-2H3. The Morgan fingerprint density at radius 1 is 1.48 bits per heavy atom. The predicted octanol–water partition coefficient (Wildman–Crippen LogP) is 3.49. The Hall–Kier alpha value is -2.15. The van der Waals surface area contributed by atoms with Crippen molar-refractivity contribution in [3.05, 3.63) is 44.9 Å². The highest BCUT2D eigenvalue weighted by atomic mass is 32.1. The Morgan fingerprint density at radius 2 is 2.29 bits per heavy atom. The summed E-state index contributed by atoms with van der Waals surface area (Å²) in [5, 5.41) is 16.2. The van der Waals surface area contributed by atoms with Crippen LogP contribution in [0.4, 0.5) is 11.4 Å². The second kappa shape index (κ2) is 7.03. The van der Waals surface area contributed by atoms with Crippen molar-refractivity contribution >= 4 is 22.7 Å². The van der Waals surface area contributed by atoms with Gasteiger partial charge in [-0.25, -0.2) is 4.98 Å². The lowest BCUT2D eigenvalue weighted by Gasteiger charge is -2.12. The number of nitrogens with zero attached hydrogens (tertiary/aromatic N) is 2. The first-order valence-corrected chi connectivity index (χ1v) is 7.56. The fourth-order valence-electron chi connectivity index (χ4n) is 1.82. The number of nitro benzene ring substituents is 1. The van der Waals surface area contributed by atoms with E-state index < -0.39 is 4.92 Å². The summed E-state index contributed by atoms with van der Waals surface area (Å²) in [5.74, 6) is 0.286. The van der Waals surface area contributed by atoms with E-state index in [1.165, 1.54) is 6.07 Å². The summed E-state index contributed by atoms with van der Waals surface area (Å²) in [6.07, 6.45) is 0.690. The van der Waals surface area contributed by atoms with Crippen LogP contribution < -0.4 is 10.1 Å². The monoisotopic (exact) mass is 307 g/mol. The Kier molecular flexibility index (Phi) is 5.10. The van der Waals surface area contributed by atoms with E-state index in [9.17, 15) is 10.1 Å². The van der Waals surface area contributed by atoms with Crippen molar-refractivity contribution in [2.24, 2.45) is 0 Å². The minimum Gasteiger partial charge on any atom is -0.484 e. The molecule has 21 heavy (non-hydrogen) atoms. The van der Waals surface area contributed by atoms with Gasteiger partial charge in [-0.2, -0.15) is 0 Å². The second-order valence-corrected chi connectivity index (χ2v) is 5.48. The number of hydrogen-bond acceptors (Lipinski definition) is 6. The maximum atomic E-state index is 11.0. The van der Waals surface area contributed by atoms with Gasteiger partial charge < -0.3 is 10.1 Å².